The second-order valence-corrected chi connectivity index (χ2v) is 8.38. The van der Waals surface area contributed by atoms with Crippen LogP contribution in [0.15, 0.2) is 91.1 Å². The maximum absolute atomic E-state index is 13.6. The van der Waals surface area contributed by atoms with Gasteiger partial charge in [-0.15, -0.1) is 0 Å². The van der Waals surface area contributed by atoms with Crippen molar-refractivity contribution in [3.63, 3.8) is 0 Å². The minimum atomic E-state index is -0.313. The third kappa shape index (κ3) is 4.71. The van der Waals surface area contributed by atoms with Gasteiger partial charge in [-0.25, -0.2) is 9.07 Å². The Labute approximate surface area is 192 Å². The van der Waals surface area contributed by atoms with Crippen LogP contribution in [-0.4, -0.2) is 46.8 Å². The Morgan fingerprint density at radius 3 is 2.18 bits per heavy atom. The molecule has 0 atom stereocenters. The number of carbonyl (C=O) groups is 1. The van der Waals surface area contributed by atoms with Crippen LogP contribution in [-0.2, 0) is 6.54 Å². The van der Waals surface area contributed by atoms with Crippen LogP contribution in [0.1, 0.15) is 15.9 Å². The smallest absolute Gasteiger partial charge is 0.258 e. The van der Waals surface area contributed by atoms with Crippen molar-refractivity contribution in [1.29, 1.82) is 0 Å². The van der Waals surface area contributed by atoms with Gasteiger partial charge in [0, 0.05) is 17.3 Å². The summed E-state index contributed by atoms with van der Waals surface area (Å²) in [5, 5.41) is 4.71. The molecule has 4 aromatic rings. The van der Waals surface area contributed by atoms with Gasteiger partial charge in [0.25, 0.3) is 5.91 Å². The van der Waals surface area contributed by atoms with Crippen LogP contribution in [0.25, 0.3) is 16.9 Å². The highest BCUT2D eigenvalue weighted by Gasteiger charge is 2.28. The van der Waals surface area contributed by atoms with Gasteiger partial charge in [0.05, 0.1) is 37.4 Å². The van der Waals surface area contributed by atoms with E-state index in [-0.39, 0.29) is 11.7 Å². The number of piperazine rings is 1. The Bertz CT molecular complexity index is 1210. The summed E-state index contributed by atoms with van der Waals surface area (Å²) < 4.78 is 15.2. The molecule has 33 heavy (non-hydrogen) atoms. The first kappa shape index (κ1) is 21.1. The Balaban J connectivity index is 1.38. The van der Waals surface area contributed by atoms with Crippen LogP contribution < -0.4 is 4.90 Å². The van der Waals surface area contributed by atoms with E-state index in [2.05, 4.69) is 24.3 Å². The zero-order chi connectivity index (χ0) is 22.6. The van der Waals surface area contributed by atoms with Gasteiger partial charge in [-0.05, 0) is 36.4 Å². The van der Waals surface area contributed by atoms with E-state index in [9.17, 15) is 9.18 Å². The number of amides is 1. The summed E-state index contributed by atoms with van der Waals surface area (Å²) in [5.74, 6) is -0.345. The molecule has 0 unspecified atom stereocenters. The number of benzene rings is 3. The third-order valence-corrected chi connectivity index (χ3v) is 6.14. The lowest BCUT2D eigenvalue weighted by Crippen LogP contribution is -3.13. The van der Waals surface area contributed by atoms with Gasteiger partial charge in [-0.2, -0.15) is 5.10 Å². The van der Waals surface area contributed by atoms with E-state index in [4.69, 9.17) is 5.10 Å². The lowest BCUT2D eigenvalue weighted by Gasteiger charge is -2.32. The molecule has 2 heterocycles. The van der Waals surface area contributed by atoms with E-state index in [1.54, 1.807) is 23.0 Å². The normalized spacial score (nSPS) is 14.4. The lowest BCUT2D eigenvalue weighted by atomic mass is 10.1. The van der Waals surface area contributed by atoms with Gasteiger partial charge in [-0.1, -0.05) is 48.5 Å². The summed E-state index contributed by atoms with van der Waals surface area (Å²) in [6.45, 7) is 4.16. The van der Waals surface area contributed by atoms with Crippen LogP contribution in [0, 0.1) is 5.82 Å². The molecule has 6 heteroatoms. The minimum Gasteiger partial charge on any atom is -0.328 e. The maximum atomic E-state index is 13.6. The fraction of sp³-hybridized carbons (Fsp3) is 0.185. The van der Waals surface area contributed by atoms with E-state index >= 15 is 0 Å². The van der Waals surface area contributed by atoms with Crippen molar-refractivity contribution in [1.82, 2.24) is 14.7 Å². The lowest BCUT2D eigenvalue weighted by molar-refractivity contribution is -0.917. The predicted molar refractivity (Wildman–Crippen MR) is 126 cm³/mol. The van der Waals surface area contributed by atoms with E-state index in [1.165, 1.54) is 22.6 Å². The molecule has 0 spiro atoms. The van der Waals surface area contributed by atoms with Gasteiger partial charge in [0.15, 0.2) is 0 Å². The molecule has 0 radical (unpaired) electrons. The third-order valence-electron chi connectivity index (χ3n) is 6.14. The fourth-order valence-electron chi connectivity index (χ4n) is 4.32. The summed E-state index contributed by atoms with van der Waals surface area (Å²) in [4.78, 5) is 16.9. The standard InChI is InChI=1S/C27H25FN4O/c28-23-13-11-22(12-14-23)26-25(20-32(29-26)24-9-5-2-6-10-24)27(33)31-17-15-30(16-18-31)19-21-7-3-1-4-8-21/h1-14,20H,15-19H2/p+1. The largest absolute Gasteiger partial charge is 0.328 e. The number of quaternary nitrogens is 1. The Morgan fingerprint density at radius 1 is 0.879 bits per heavy atom. The highest BCUT2D eigenvalue weighted by Crippen LogP contribution is 2.25. The Morgan fingerprint density at radius 2 is 1.52 bits per heavy atom. The molecule has 1 aliphatic rings. The molecule has 166 valence electrons. The Kier molecular flexibility index (Phi) is 6.00. The molecule has 0 aliphatic carbocycles. The minimum absolute atomic E-state index is 0.0322. The zero-order valence-electron chi connectivity index (χ0n) is 18.3. The number of hydrogen-bond donors (Lipinski definition) is 1. The molecule has 0 bridgehead atoms. The molecular weight excluding hydrogens is 415 g/mol. The monoisotopic (exact) mass is 441 g/mol. The first-order valence-electron chi connectivity index (χ1n) is 11.3. The first-order valence-corrected chi connectivity index (χ1v) is 11.3. The molecule has 1 fully saturated rings. The quantitative estimate of drug-likeness (QED) is 0.517. The van der Waals surface area contributed by atoms with Crippen molar-refractivity contribution in [2.75, 3.05) is 26.2 Å². The van der Waals surface area contributed by atoms with Crippen molar-refractivity contribution in [3.8, 4) is 16.9 Å². The number of rotatable bonds is 5. The van der Waals surface area contributed by atoms with Crippen LogP contribution in [0.4, 0.5) is 4.39 Å². The molecular formula is C27H26FN4O+. The van der Waals surface area contributed by atoms with E-state index in [1.807, 2.05) is 41.3 Å². The number of aromatic nitrogens is 2. The number of halogens is 1. The number of nitrogens with zero attached hydrogens (tertiary/aromatic N) is 3. The van der Waals surface area contributed by atoms with Gasteiger partial charge in [-0.3, -0.25) is 4.79 Å². The number of carbonyl (C=O) groups excluding carboxylic acids is 1. The zero-order valence-corrected chi connectivity index (χ0v) is 18.3. The van der Waals surface area contributed by atoms with E-state index in [0.717, 1.165) is 30.9 Å². The molecule has 5 nitrogen and oxygen atoms in total. The van der Waals surface area contributed by atoms with Crippen molar-refractivity contribution >= 4 is 5.91 Å². The molecule has 5 rings (SSSR count). The summed E-state index contributed by atoms with van der Waals surface area (Å²) in [6.07, 6.45) is 1.79. The number of hydrogen-bond acceptors (Lipinski definition) is 2. The van der Waals surface area contributed by atoms with Crippen molar-refractivity contribution in [3.05, 3.63) is 108 Å². The Hall–Kier alpha value is -3.77. The summed E-state index contributed by atoms with van der Waals surface area (Å²) in [7, 11) is 0. The predicted octanol–water partition coefficient (Wildman–Crippen LogP) is 3.22. The van der Waals surface area contributed by atoms with Gasteiger partial charge in [0.1, 0.15) is 18.1 Å². The highest BCUT2D eigenvalue weighted by molar-refractivity contribution is 6.00. The maximum Gasteiger partial charge on any atom is 0.258 e. The summed E-state index contributed by atoms with van der Waals surface area (Å²) in [5.41, 5.74) is 4.02. The van der Waals surface area contributed by atoms with Crippen LogP contribution in [0.2, 0.25) is 0 Å². The van der Waals surface area contributed by atoms with Crippen LogP contribution >= 0.6 is 0 Å². The molecule has 1 amide bonds. The van der Waals surface area contributed by atoms with Crippen molar-refractivity contribution in [2.24, 2.45) is 0 Å². The molecule has 3 aromatic carbocycles. The summed E-state index contributed by atoms with van der Waals surface area (Å²) in [6, 6.07) is 26.3. The van der Waals surface area contributed by atoms with E-state index < -0.39 is 0 Å². The highest BCUT2D eigenvalue weighted by atomic mass is 19.1. The average Bonchev–Trinajstić information content (AvgIpc) is 3.31. The molecule has 1 aromatic heterocycles. The molecule has 1 N–H and O–H groups in total. The van der Waals surface area contributed by atoms with Crippen molar-refractivity contribution in [2.45, 2.75) is 6.54 Å². The SMILES string of the molecule is O=C(c1cn(-c2ccccc2)nc1-c1ccc(F)cc1)N1CC[NH+](Cc2ccccc2)CC1. The second kappa shape index (κ2) is 9.38. The van der Waals surface area contributed by atoms with Gasteiger partial charge < -0.3 is 9.80 Å². The fourth-order valence-corrected chi connectivity index (χ4v) is 4.32. The van der Waals surface area contributed by atoms with Gasteiger partial charge in [0.2, 0.25) is 0 Å². The average molecular weight is 442 g/mol. The molecule has 0 saturated carbocycles. The molecule has 1 saturated heterocycles. The van der Waals surface area contributed by atoms with E-state index in [0.29, 0.717) is 24.3 Å². The first-order chi connectivity index (χ1) is 16.2. The topological polar surface area (TPSA) is 42.6 Å². The van der Waals surface area contributed by atoms with Gasteiger partial charge >= 0.3 is 0 Å². The molecule has 1 aliphatic heterocycles. The van der Waals surface area contributed by atoms with Crippen LogP contribution in [0.5, 0.6) is 0 Å². The number of nitrogens with one attached hydrogen (secondary N) is 1. The second-order valence-electron chi connectivity index (χ2n) is 8.38. The van der Waals surface area contributed by atoms with Crippen molar-refractivity contribution < 1.29 is 14.1 Å². The van der Waals surface area contributed by atoms with Crippen LogP contribution in [0.3, 0.4) is 0 Å². The summed E-state index contributed by atoms with van der Waals surface area (Å²) >= 11 is 0. The number of para-hydroxylation sites is 1.